The Balaban J connectivity index is 1.95. The lowest BCUT2D eigenvalue weighted by molar-refractivity contribution is 0.0997. The standard InChI is InChI=1S/C24H29Cl2N3O3S2/c1-6-29-22-20(12-11-19(25)21(22)26)33-24(29)27-23(30)17-7-9-18(10-8-17)34(31,32)28(13-15(2)3)14-16(4)5/h7-12,15-16H,6,13-14H2,1-5H3. The number of thiazole rings is 1. The average molecular weight is 543 g/mol. The molecular weight excluding hydrogens is 513 g/mol. The van der Waals surface area contributed by atoms with Crippen LogP contribution in [0.4, 0.5) is 0 Å². The van der Waals surface area contributed by atoms with E-state index in [4.69, 9.17) is 23.2 Å². The lowest BCUT2D eigenvalue weighted by atomic mass is 10.2. The molecule has 3 rings (SSSR count). The summed E-state index contributed by atoms with van der Waals surface area (Å²) in [5.41, 5.74) is 1.05. The van der Waals surface area contributed by atoms with Gasteiger partial charge in [0.15, 0.2) is 4.80 Å². The molecule has 0 aliphatic rings. The summed E-state index contributed by atoms with van der Waals surface area (Å²) in [4.78, 5) is 17.9. The summed E-state index contributed by atoms with van der Waals surface area (Å²) in [6.45, 7) is 11.3. The van der Waals surface area contributed by atoms with Crippen LogP contribution in [0.25, 0.3) is 10.2 Å². The number of carbonyl (C=O) groups is 1. The van der Waals surface area contributed by atoms with Crippen LogP contribution in [0.3, 0.4) is 0 Å². The zero-order valence-electron chi connectivity index (χ0n) is 19.9. The fourth-order valence-corrected chi connectivity index (χ4v) is 6.98. The third-order valence-electron chi connectivity index (χ3n) is 5.12. The van der Waals surface area contributed by atoms with Gasteiger partial charge in [0.1, 0.15) is 0 Å². The van der Waals surface area contributed by atoms with Gasteiger partial charge in [0.05, 0.1) is 25.2 Å². The molecule has 6 nitrogen and oxygen atoms in total. The molecule has 0 spiro atoms. The third-order valence-corrected chi connectivity index (χ3v) is 8.81. The van der Waals surface area contributed by atoms with E-state index < -0.39 is 15.9 Å². The summed E-state index contributed by atoms with van der Waals surface area (Å²) in [6, 6.07) is 9.53. The maximum Gasteiger partial charge on any atom is 0.279 e. The first kappa shape index (κ1) is 26.9. The van der Waals surface area contributed by atoms with Crippen molar-refractivity contribution in [1.82, 2.24) is 8.87 Å². The molecule has 1 amide bonds. The molecule has 0 fully saturated rings. The first-order chi connectivity index (χ1) is 15.9. The summed E-state index contributed by atoms with van der Waals surface area (Å²) < 4.78 is 30.7. The van der Waals surface area contributed by atoms with Crippen LogP contribution < -0.4 is 4.80 Å². The molecule has 0 saturated heterocycles. The van der Waals surface area contributed by atoms with Crippen LogP contribution in [0.5, 0.6) is 0 Å². The van der Waals surface area contributed by atoms with Gasteiger partial charge in [-0.05, 0) is 55.2 Å². The number of sulfonamides is 1. The zero-order chi connectivity index (χ0) is 25.2. The van der Waals surface area contributed by atoms with Gasteiger partial charge in [0.2, 0.25) is 10.0 Å². The maximum absolute atomic E-state index is 13.2. The van der Waals surface area contributed by atoms with Crippen molar-refractivity contribution in [2.75, 3.05) is 13.1 Å². The van der Waals surface area contributed by atoms with Gasteiger partial charge >= 0.3 is 0 Å². The Morgan fingerprint density at radius 3 is 2.15 bits per heavy atom. The molecule has 2 aromatic carbocycles. The van der Waals surface area contributed by atoms with E-state index in [9.17, 15) is 13.2 Å². The van der Waals surface area contributed by atoms with Crippen LogP contribution in [0.15, 0.2) is 46.3 Å². The molecule has 0 bridgehead atoms. The number of rotatable bonds is 8. The normalized spacial score (nSPS) is 13.1. The van der Waals surface area contributed by atoms with E-state index in [2.05, 4.69) is 4.99 Å². The lowest BCUT2D eigenvalue weighted by Crippen LogP contribution is -2.37. The van der Waals surface area contributed by atoms with Crippen LogP contribution >= 0.6 is 34.5 Å². The highest BCUT2D eigenvalue weighted by Crippen LogP contribution is 2.32. The molecule has 1 heterocycles. The van der Waals surface area contributed by atoms with Crippen molar-refractivity contribution in [2.24, 2.45) is 16.8 Å². The van der Waals surface area contributed by atoms with Crippen LogP contribution in [0.2, 0.25) is 10.0 Å². The Morgan fingerprint density at radius 1 is 1.03 bits per heavy atom. The van der Waals surface area contributed by atoms with E-state index >= 15 is 0 Å². The van der Waals surface area contributed by atoms with E-state index in [1.807, 2.05) is 45.3 Å². The molecule has 184 valence electrons. The van der Waals surface area contributed by atoms with Crippen molar-refractivity contribution >= 4 is 60.7 Å². The topological polar surface area (TPSA) is 71.7 Å². The second kappa shape index (κ2) is 10.9. The average Bonchev–Trinajstić information content (AvgIpc) is 3.13. The molecule has 0 saturated carbocycles. The summed E-state index contributed by atoms with van der Waals surface area (Å²) in [5.74, 6) is -0.0626. The second-order valence-corrected chi connectivity index (χ2v) is 12.6. The first-order valence-corrected chi connectivity index (χ1v) is 14.1. The summed E-state index contributed by atoms with van der Waals surface area (Å²) in [5, 5.41) is 0.862. The number of aryl methyl sites for hydroxylation is 1. The number of hydrogen-bond acceptors (Lipinski definition) is 4. The molecule has 0 unspecified atom stereocenters. The highest BCUT2D eigenvalue weighted by Gasteiger charge is 2.26. The SMILES string of the molecule is CCn1c(=NC(=O)c2ccc(S(=O)(=O)N(CC(C)C)CC(C)C)cc2)sc2ccc(Cl)c(Cl)c21. The van der Waals surface area contributed by atoms with Crippen molar-refractivity contribution in [3.63, 3.8) is 0 Å². The van der Waals surface area contributed by atoms with Crippen LogP contribution in [-0.4, -0.2) is 36.3 Å². The molecule has 34 heavy (non-hydrogen) atoms. The predicted molar refractivity (Wildman–Crippen MR) is 140 cm³/mol. The van der Waals surface area contributed by atoms with E-state index in [1.54, 1.807) is 6.07 Å². The molecule has 1 aromatic heterocycles. The Hall–Kier alpha value is -1.71. The van der Waals surface area contributed by atoms with Crippen molar-refractivity contribution in [1.29, 1.82) is 0 Å². The van der Waals surface area contributed by atoms with E-state index in [-0.39, 0.29) is 16.7 Å². The molecule has 0 radical (unpaired) electrons. The largest absolute Gasteiger partial charge is 0.315 e. The zero-order valence-corrected chi connectivity index (χ0v) is 23.0. The fourth-order valence-electron chi connectivity index (χ4n) is 3.64. The fraction of sp³-hybridized carbons (Fsp3) is 0.417. The monoisotopic (exact) mass is 541 g/mol. The van der Waals surface area contributed by atoms with Gasteiger partial charge in [0, 0.05) is 25.2 Å². The van der Waals surface area contributed by atoms with Gasteiger partial charge in [-0.2, -0.15) is 9.30 Å². The highest BCUT2D eigenvalue weighted by molar-refractivity contribution is 7.89. The molecule has 0 N–H and O–H groups in total. The predicted octanol–water partition coefficient (Wildman–Crippen LogP) is 6.07. The molecule has 0 aliphatic carbocycles. The van der Waals surface area contributed by atoms with Crippen molar-refractivity contribution in [2.45, 2.75) is 46.1 Å². The van der Waals surface area contributed by atoms with Crippen LogP contribution in [0, 0.1) is 11.8 Å². The highest BCUT2D eigenvalue weighted by atomic mass is 35.5. The number of amides is 1. The Morgan fingerprint density at radius 2 is 1.62 bits per heavy atom. The Bertz CT molecular complexity index is 1350. The number of halogens is 2. The van der Waals surface area contributed by atoms with Crippen molar-refractivity contribution in [3.8, 4) is 0 Å². The van der Waals surface area contributed by atoms with Crippen LogP contribution in [0.1, 0.15) is 45.0 Å². The number of hydrogen-bond donors (Lipinski definition) is 0. The summed E-state index contributed by atoms with van der Waals surface area (Å²) in [7, 11) is -3.67. The minimum atomic E-state index is -3.67. The first-order valence-electron chi connectivity index (χ1n) is 11.1. The van der Waals surface area contributed by atoms with Crippen molar-refractivity contribution < 1.29 is 13.2 Å². The minimum absolute atomic E-state index is 0.164. The Labute approximate surface area is 214 Å². The Kier molecular flexibility index (Phi) is 8.63. The van der Waals surface area contributed by atoms with E-state index in [0.29, 0.717) is 40.0 Å². The number of aromatic nitrogens is 1. The van der Waals surface area contributed by atoms with Gasteiger partial charge in [0.25, 0.3) is 5.91 Å². The number of fused-ring (bicyclic) bond motifs is 1. The number of carbonyl (C=O) groups excluding carboxylic acids is 1. The summed E-state index contributed by atoms with van der Waals surface area (Å²) >= 11 is 13.9. The quantitative estimate of drug-likeness (QED) is 0.347. The number of benzene rings is 2. The summed E-state index contributed by atoms with van der Waals surface area (Å²) in [6.07, 6.45) is 0. The van der Waals surface area contributed by atoms with Gasteiger partial charge < -0.3 is 4.57 Å². The smallest absolute Gasteiger partial charge is 0.279 e. The molecule has 0 atom stereocenters. The second-order valence-electron chi connectivity index (χ2n) is 8.89. The minimum Gasteiger partial charge on any atom is -0.315 e. The van der Waals surface area contributed by atoms with Gasteiger partial charge in [-0.15, -0.1) is 0 Å². The van der Waals surface area contributed by atoms with E-state index in [1.165, 1.54) is 39.9 Å². The molecular formula is C24H29Cl2N3O3S2. The number of nitrogens with zero attached hydrogens (tertiary/aromatic N) is 3. The molecule has 0 aliphatic heterocycles. The van der Waals surface area contributed by atoms with Gasteiger partial charge in [-0.3, -0.25) is 4.79 Å². The van der Waals surface area contributed by atoms with E-state index in [0.717, 1.165) is 10.2 Å². The van der Waals surface area contributed by atoms with Crippen molar-refractivity contribution in [3.05, 3.63) is 56.8 Å². The van der Waals surface area contributed by atoms with Gasteiger partial charge in [-0.25, -0.2) is 8.42 Å². The van der Waals surface area contributed by atoms with Crippen LogP contribution in [-0.2, 0) is 16.6 Å². The lowest BCUT2D eigenvalue weighted by Gasteiger charge is -2.25. The molecule has 3 aromatic rings. The van der Waals surface area contributed by atoms with Gasteiger partial charge in [-0.1, -0.05) is 62.2 Å². The molecule has 10 heteroatoms. The third kappa shape index (κ3) is 5.74. The maximum atomic E-state index is 13.2.